The SMILES string of the molecule is O=C(Nc1cccc(-n2cnnc2)c1)C1CC1c1ccc(F)c(F)c1. The molecule has 1 aromatic heterocycles. The van der Waals surface area contributed by atoms with E-state index < -0.39 is 11.6 Å². The van der Waals surface area contributed by atoms with Crippen LogP contribution >= 0.6 is 0 Å². The fourth-order valence-electron chi connectivity index (χ4n) is 2.91. The molecule has 1 N–H and O–H groups in total. The van der Waals surface area contributed by atoms with Gasteiger partial charge in [0.25, 0.3) is 0 Å². The molecule has 1 saturated carbocycles. The summed E-state index contributed by atoms with van der Waals surface area (Å²) in [6.45, 7) is 0. The van der Waals surface area contributed by atoms with Crippen LogP contribution in [0.5, 0.6) is 0 Å². The third-order valence-electron chi connectivity index (χ3n) is 4.33. The van der Waals surface area contributed by atoms with Crippen molar-refractivity contribution in [2.75, 3.05) is 5.32 Å². The highest BCUT2D eigenvalue weighted by Crippen LogP contribution is 2.48. The van der Waals surface area contributed by atoms with E-state index in [2.05, 4.69) is 15.5 Å². The van der Waals surface area contributed by atoms with E-state index in [0.29, 0.717) is 17.7 Å². The van der Waals surface area contributed by atoms with Crippen molar-refractivity contribution in [2.24, 2.45) is 5.92 Å². The third-order valence-corrected chi connectivity index (χ3v) is 4.33. The van der Waals surface area contributed by atoms with E-state index in [9.17, 15) is 13.6 Å². The van der Waals surface area contributed by atoms with Crippen molar-refractivity contribution >= 4 is 11.6 Å². The van der Waals surface area contributed by atoms with E-state index in [4.69, 9.17) is 0 Å². The Morgan fingerprint density at radius 2 is 1.88 bits per heavy atom. The van der Waals surface area contributed by atoms with E-state index in [-0.39, 0.29) is 17.7 Å². The van der Waals surface area contributed by atoms with Gasteiger partial charge in [-0.1, -0.05) is 12.1 Å². The molecule has 25 heavy (non-hydrogen) atoms. The van der Waals surface area contributed by atoms with Gasteiger partial charge in [-0.15, -0.1) is 10.2 Å². The van der Waals surface area contributed by atoms with Crippen molar-refractivity contribution in [3.05, 3.63) is 72.3 Å². The van der Waals surface area contributed by atoms with Crippen LogP contribution in [0.2, 0.25) is 0 Å². The smallest absolute Gasteiger partial charge is 0.228 e. The van der Waals surface area contributed by atoms with Gasteiger partial charge in [-0.2, -0.15) is 0 Å². The summed E-state index contributed by atoms with van der Waals surface area (Å²) >= 11 is 0. The molecule has 1 aliphatic carbocycles. The number of hydrogen-bond donors (Lipinski definition) is 1. The molecule has 4 rings (SSSR count). The summed E-state index contributed by atoms with van der Waals surface area (Å²) in [7, 11) is 0. The van der Waals surface area contributed by atoms with Gasteiger partial charge in [-0.25, -0.2) is 8.78 Å². The zero-order valence-electron chi connectivity index (χ0n) is 13.1. The quantitative estimate of drug-likeness (QED) is 0.793. The van der Waals surface area contributed by atoms with E-state index in [1.165, 1.54) is 12.1 Å². The number of hydrogen-bond acceptors (Lipinski definition) is 3. The predicted molar refractivity (Wildman–Crippen MR) is 87.2 cm³/mol. The molecule has 2 unspecified atom stereocenters. The van der Waals surface area contributed by atoms with E-state index in [1.54, 1.807) is 23.3 Å². The van der Waals surface area contributed by atoms with Gasteiger partial charge >= 0.3 is 0 Å². The van der Waals surface area contributed by atoms with Crippen molar-refractivity contribution in [3.8, 4) is 5.69 Å². The number of halogens is 2. The number of nitrogens with one attached hydrogen (secondary N) is 1. The summed E-state index contributed by atoms with van der Waals surface area (Å²) < 4.78 is 28.1. The predicted octanol–water partition coefficient (Wildman–Crippen LogP) is 3.29. The topological polar surface area (TPSA) is 59.8 Å². The first-order valence-corrected chi connectivity index (χ1v) is 7.83. The molecule has 0 radical (unpaired) electrons. The second-order valence-electron chi connectivity index (χ2n) is 6.03. The van der Waals surface area contributed by atoms with Crippen LogP contribution in [0.25, 0.3) is 5.69 Å². The molecule has 1 fully saturated rings. The van der Waals surface area contributed by atoms with Crippen molar-refractivity contribution < 1.29 is 13.6 Å². The van der Waals surface area contributed by atoms with Crippen LogP contribution in [0.1, 0.15) is 17.9 Å². The molecule has 1 amide bonds. The molecule has 2 aromatic carbocycles. The highest BCUT2D eigenvalue weighted by molar-refractivity contribution is 5.95. The molecular formula is C18H14F2N4O. The Morgan fingerprint density at radius 3 is 2.64 bits per heavy atom. The lowest BCUT2D eigenvalue weighted by Gasteiger charge is -2.08. The summed E-state index contributed by atoms with van der Waals surface area (Å²) in [6.07, 6.45) is 3.77. The van der Waals surface area contributed by atoms with E-state index in [1.807, 2.05) is 18.2 Å². The van der Waals surface area contributed by atoms with Gasteiger partial charge in [-0.3, -0.25) is 9.36 Å². The summed E-state index contributed by atoms with van der Waals surface area (Å²) in [5.74, 6) is -2.20. The van der Waals surface area contributed by atoms with Crippen LogP contribution in [0, 0.1) is 17.6 Å². The molecule has 0 saturated heterocycles. The van der Waals surface area contributed by atoms with Crippen LogP contribution in [0.3, 0.4) is 0 Å². The second-order valence-corrected chi connectivity index (χ2v) is 6.03. The van der Waals surface area contributed by atoms with Gasteiger partial charge in [0.1, 0.15) is 12.7 Å². The van der Waals surface area contributed by atoms with Crippen LogP contribution in [0.4, 0.5) is 14.5 Å². The number of anilines is 1. The molecule has 2 atom stereocenters. The van der Waals surface area contributed by atoms with Gasteiger partial charge in [0.05, 0.1) is 5.69 Å². The maximum atomic E-state index is 13.3. The number of rotatable bonds is 4. The summed E-state index contributed by atoms with van der Waals surface area (Å²) in [5.41, 5.74) is 2.14. The third kappa shape index (κ3) is 3.13. The lowest BCUT2D eigenvalue weighted by atomic mass is 10.1. The van der Waals surface area contributed by atoms with Crippen molar-refractivity contribution in [3.63, 3.8) is 0 Å². The van der Waals surface area contributed by atoms with Gasteiger partial charge in [-0.05, 0) is 48.2 Å². The van der Waals surface area contributed by atoms with Crippen LogP contribution in [-0.4, -0.2) is 20.7 Å². The Kier molecular flexibility index (Phi) is 3.76. The highest BCUT2D eigenvalue weighted by Gasteiger charge is 2.44. The maximum Gasteiger partial charge on any atom is 0.228 e. The number of amides is 1. The maximum absolute atomic E-state index is 13.3. The first-order valence-electron chi connectivity index (χ1n) is 7.83. The van der Waals surface area contributed by atoms with Crippen LogP contribution < -0.4 is 5.32 Å². The zero-order valence-corrected chi connectivity index (χ0v) is 13.1. The molecule has 5 nitrogen and oxygen atoms in total. The standard InChI is InChI=1S/C18H14F2N4O/c19-16-5-4-11(6-17(16)20)14-8-15(14)18(25)23-12-2-1-3-13(7-12)24-9-21-22-10-24/h1-7,9-10,14-15H,8H2,(H,23,25). The molecule has 0 spiro atoms. The lowest BCUT2D eigenvalue weighted by Crippen LogP contribution is -2.14. The summed E-state index contributed by atoms with van der Waals surface area (Å²) in [4.78, 5) is 12.4. The number of benzene rings is 2. The molecular weight excluding hydrogens is 326 g/mol. The molecule has 1 heterocycles. The van der Waals surface area contributed by atoms with Crippen LogP contribution in [-0.2, 0) is 4.79 Å². The van der Waals surface area contributed by atoms with Crippen molar-refractivity contribution in [1.82, 2.24) is 14.8 Å². The first kappa shape index (κ1) is 15.4. The molecule has 0 bridgehead atoms. The van der Waals surface area contributed by atoms with Gasteiger partial charge in [0, 0.05) is 11.6 Å². The van der Waals surface area contributed by atoms with E-state index >= 15 is 0 Å². The minimum atomic E-state index is -0.884. The van der Waals surface area contributed by atoms with Gasteiger partial charge in [0.15, 0.2) is 11.6 Å². The normalized spacial score (nSPS) is 18.8. The Morgan fingerprint density at radius 1 is 1.08 bits per heavy atom. The van der Waals surface area contributed by atoms with Crippen molar-refractivity contribution in [2.45, 2.75) is 12.3 Å². The molecule has 7 heteroatoms. The Hall–Kier alpha value is -3.09. The Labute approximate surface area is 142 Å². The highest BCUT2D eigenvalue weighted by atomic mass is 19.2. The summed E-state index contributed by atoms with van der Waals surface area (Å²) in [6, 6.07) is 11.1. The number of aromatic nitrogens is 3. The average molecular weight is 340 g/mol. The van der Waals surface area contributed by atoms with Gasteiger partial charge in [0.2, 0.25) is 5.91 Å². The molecule has 3 aromatic rings. The molecule has 0 aliphatic heterocycles. The fourth-order valence-corrected chi connectivity index (χ4v) is 2.91. The fraction of sp³-hybridized carbons (Fsp3) is 0.167. The lowest BCUT2D eigenvalue weighted by molar-refractivity contribution is -0.117. The van der Waals surface area contributed by atoms with Crippen molar-refractivity contribution in [1.29, 1.82) is 0 Å². The van der Waals surface area contributed by atoms with Crippen LogP contribution in [0.15, 0.2) is 55.1 Å². The Balaban J connectivity index is 1.45. The minimum absolute atomic E-state index is 0.0730. The Bertz CT molecular complexity index is 927. The minimum Gasteiger partial charge on any atom is -0.326 e. The van der Waals surface area contributed by atoms with E-state index in [0.717, 1.165) is 11.8 Å². The largest absolute Gasteiger partial charge is 0.326 e. The number of carbonyl (C=O) groups is 1. The monoisotopic (exact) mass is 340 g/mol. The first-order chi connectivity index (χ1) is 12.1. The number of nitrogens with zero attached hydrogens (tertiary/aromatic N) is 3. The summed E-state index contributed by atoms with van der Waals surface area (Å²) in [5, 5.41) is 10.4. The number of carbonyl (C=O) groups excluding carboxylic acids is 1. The second kappa shape index (κ2) is 6.08. The average Bonchev–Trinajstić information content (AvgIpc) is 3.22. The molecule has 126 valence electrons. The zero-order chi connectivity index (χ0) is 17.4. The molecule has 1 aliphatic rings. The van der Waals surface area contributed by atoms with Gasteiger partial charge < -0.3 is 5.32 Å².